The molecular weight excluding hydrogens is 154 g/mol. The molecule has 1 atom stereocenters. The summed E-state index contributed by atoms with van der Waals surface area (Å²) < 4.78 is 0. The molecular formula is C8H15N3O. The highest BCUT2D eigenvalue weighted by molar-refractivity contribution is 5.85. The van der Waals surface area contributed by atoms with Crippen LogP contribution in [0, 0.1) is 0 Å². The van der Waals surface area contributed by atoms with Crippen molar-refractivity contribution >= 4 is 5.91 Å². The quantitative estimate of drug-likeness (QED) is 0.552. The molecule has 4 nitrogen and oxygen atoms in total. The van der Waals surface area contributed by atoms with Gasteiger partial charge in [0.2, 0.25) is 5.91 Å². The molecule has 2 saturated heterocycles. The van der Waals surface area contributed by atoms with Crippen LogP contribution in [0.25, 0.3) is 0 Å². The summed E-state index contributed by atoms with van der Waals surface area (Å²) in [5.74, 6) is -0.160. The van der Waals surface area contributed by atoms with Gasteiger partial charge >= 0.3 is 0 Å². The van der Waals surface area contributed by atoms with Gasteiger partial charge in [-0.1, -0.05) is 0 Å². The van der Waals surface area contributed by atoms with Crippen LogP contribution in [-0.2, 0) is 4.79 Å². The summed E-state index contributed by atoms with van der Waals surface area (Å²) >= 11 is 0. The van der Waals surface area contributed by atoms with E-state index in [4.69, 9.17) is 5.73 Å². The Morgan fingerprint density at radius 3 is 2.58 bits per heavy atom. The van der Waals surface area contributed by atoms with Gasteiger partial charge < -0.3 is 11.1 Å². The maximum atomic E-state index is 11.3. The van der Waals surface area contributed by atoms with Gasteiger partial charge in [-0.15, -0.1) is 0 Å². The first-order chi connectivity index (χ1) is 5.76. The molecule has 2 fully saturated rings. The fourth-order valence-corrected chi connectivity index (χ4v) is 2.06. The number of primary amides is 1. The van der Waals surface area contributed by atoms with Crippen LogP contribution in [-0.4, -0.2) is 42.5 Å². The predicted molar refractivity (Wildman–Crippen MR) is 45.6 cm³/mol. The van der Waals surface area contributed by atoms with Crippen LogP contribution in [0.2, 0.25) is 0 Å². The van der Waals surface area contributed by atoms with E-state index in [2.05, 4.69) is 10.2 Å². The van der Waals surface area contributed by atoms with Crippen LogP contribution in [0.15, 0.2) is 0 Å². The lowest BCUT2D eigenvalue weighted by atomic mass is 9.92. The number of rotatable bonds is 2. The molecule has 12 heavy (non-hydrogen) atoms. The van der Waals surface area contributed by atoms with Crippen molar-refractivity contribution in [3.63, 3.8) is 0 Å². The smallest absolute Gasteiger partial charge is 0.239 e. The van der Waals surface area contributed by atoms with Crippen LogP contribution in [0.5, 0.6) is 0 Å². The highest BCUT2D eigenvalue weighted by Crippen LogP contribution is 2.27. The zero-order valence-corrected chi connectivity index (χ0v) is 7.18. The van der Waals surface area contributed by atoms with Gasteiger partial charge in [-0.2, -0.15) is 0 Å². The highest BCUT2D eigenvalue weighted by atomic mass is 16.1. The summed E-state index contributed by atoms with van der Waals surface area (Å²) in [5, 5.41) is 3.20. The Balaban J connectivity index is 2.14. The Kier molecular flexibility index (Phi) is 1.81. The molecule has 0 bridgehead atoms. The molecule has 0 aromatic rings. The lowest BCUT2D eigenvalue weighted by molar-refractivity contribution is -0.131. The molecule has 1 amide bonds. The average molecular weight is 169 g/mol. The fraction of sp³-hybridized carbons (Fsp3) is 0.875. The molecule has 0 aromatic carbocycles. The Labute approximate surface area is 72.1 Å². The van der Waals surface area contributed by atoms with E-state index in [0.29, 0.717) is 0 Å². The van der Waals surface area contributed by atoms with E-state index in [9.17, 15) is 4.79 Å². The second-order valence-corrected chi connectivity index (χ2v) is 3.66. The number of likely N-dealkylation sites (tertiary alicyclic amines) is 1. The van der Waals surface area contributed by atoms with E-state index >= 15 is 0 Å². The normalized spacial score (nSPS) is 36.3. The van der Waals surface area contributed by atoms with Crippen molar-refractivity contribution in [2.75, 3.05) is 26.2 Å². The molecule has 2 aliphatic heterocycles. The molecule has 2 aliphatic rings. The van der Waals surface area contributed by atoms with Crippen molar-refractivity contribution in [2.45, 2.75) is 18.4 Å². The van der Waals surface area contributed by atoms with Gasteiger partial charge in [-0.3, -0.25) is 9.69 Å². The van der Waals surface area contributed by atoms with Crippen molar-refractivity contribution in [3.8, 4) is 0 Å². The topological polar surface area (TPSA) is 58.4 Å². The van der Waals surface area contributed by atoms with Gasteiger partial charge in [0.05, 0.1) is 0 Å². The Bertz CT molecular complexity index is 194. The van der Waals surface area contributed by atoms with Crippen LogP contribution in [0.4, 0.5) is 0 Å². The summed E-state index contributed by atoms with van der Waals surface area (Å²) in [6, 6.07) is 0. The fourth-order valence-electron chi connectivity index (χ4n) is 2.06. The lowest BCUT2D eigenvalue weighted by Crippen LogP contribution is -2.63. The minimum Gasteiger partial charge on any atom is -0.368 e. The number of carbonyl (C=O) groups is 1. The summed E-state index contributed by atoms with van der Waals surface area (Å²) in [5.41, 5.74) is 5.07. The number of hydrogen-bond donors (Lipinski definition) is 2. The molecule has 0 saturated carbocycles. The minimum atomic E-state index is -0.349. The molecule has 4 heteroatoms. The van der Waals surface area contributed by atoms with Crippen LogP contribution in [0.1, 0.15) is 12.8 Å². The summed E-state index contributed by atoms with van der Waals surface area (Å²) in [6.07, 6.45) is 2.08. The molecule has 0 aliphatic carbocycles. The third kappa shape index (κ3) is 0.949. The van der Waals surface area contributed by atoms with Gasteiger partial charge in [-0.25, -0.2) is 0 Å². The number of nitrogens with two attached hydrogens (primary N) is 1. The molecule has 3 N–H and O–H groups in total. The second kappa shape index (κ2) is 2.71. The van der Waals surface area contributed by atoms with Gasteiger partial charge in [0.15, 0.2) is 0 Å². The molecule has 0 spiro atoms. The van der Waals surface area contributed by atoms with Crippen LogP contribution >= 0.6 is 0 Å². The number of hydrogen-bond acceptors (Lipinski definition) is 3. The molecule has 2 rings (SSSR count). The van der Waals surface area contributed by atoms with E-state index in [-0.39, 0.29) is 11.4 Å². The van der Waals surface area contributed by atoms with E-state index in [1.54, 1.807) is 0 Å². The van der Waals surface area contributed by atoms with Crippen molar-refractivity contribution in [2.24, 2.45) is 5.73 Å². The van der Waals surface area contributed by atoms with E-state index in [1.165, 1.54) is 6.42 Å². The van der Waals surface area contributed by atoms with Gasteiger partial charge in [0, 0.05) is 19.6 Å². The molecule has 0 radical (unpaired) electrons. The van der Waals surface area contributed by atoms with Crippen molar-refractivity contribution < 1.29 is 4.79 Å². The molecule has 2 heterocycles. The maximum Gasteiger partial charge on any atom is 0.239 e. The summed E-state index contributed by atoms with van der Waals surface area (Å²) in [7, 11) is 0. The van der Waals surface area contributed by atoms with Crippen LogP contribution < -0.4 is 11.1 Å². The van der Waals surface area contributed by atoms with E-state index < -0.39 is 0 Å². The van der Waals surface area contributed by atoms with Crippen molar-refractivity contribution in [1.82, 2.24) is 10.2 Å². The molecule has 0 aromatic heterocycles. The Hall–Kier alpha value is -0.610. The largest absolute Gasteiger partial charge is 0.368 e. The zero-order valence-electron chi connectivity index (χ0n) is 7.18. The predicted octanol–water partition coefficient (Wildman–Crippen LogP) is -1.09. The van der Waals surface area contributed by atoms with Gasteiger partial charge in [0.25, 0.3) is 0 Å². The highest BCUT2D eigenvalue weighted by Gasteiger charge is 2.46. The third-order valence-corrected chi connectivity index (χ3v) is 3.05. The first-order valence-corrected chi connectivity index (χ1v) is 4.51. The Morgan fingerprint density at radius 2 is 2.25 bits per heavy atom. The standard InChI is InChI=1S/C8H15N3O/c9-7(12)8(2-3-10-6-8)11-4-1-5-11/h10H,1-6H2,(H2,9,12). The lowest BCUT2D eigenvalue weighted by Gasteiger charge is -2.44. The Morgan fingerprint density at radius 1 is 1.50 bits per heavy atom. The van der Waals surface area contributed by atoms with Gasteiger partial charge in [0.1, 0.15) is 5.54 Å². The number of amides is 1. The van der Waals surface area contributed by atoms with Crippen LogP contribution in [0.3, 0.4) is 0 Å². The summed E-state index contributed by atoms with van der Waals surface area (Å²) in [4.78, 5) is 13.5. The molecule has 68 valence electrons. The zero-order chi connectivity index (χ0) is 8.60. The maximum absolute atomic E-state index is 11.3. The van der Waals surface area contributed by atoms with E-state index in [1.807, 2.05) is 0 Å². The third-order valence-electron chi connectivity index (χ3n) is 3.05. The SMILES string of the molecule is NC(=O)C1(N2CCC2)CCNC1. The van der Waals surface area contributed by atoms with E-state index in [0.717, 1.165) is 32.6 Å². The first-order valence-electron chi connectivity index (χ1n) is 4.51. The average Bonchev–Trinajstić information content (AvgIpc) is 2.33. The first kappa shape index (κ1) is 8.01. The van der Waals surface area contributed by atoms with Crippen molar-refractivity contribution in [3.05, 3.63) is 0 Å². The second-order valence-electron chi connectivity index (χ2n) is 3.66. The van der Waals surface area contributed by atoms with Crippen molar-refractivity contribution in [1.29, 1.82) is 0 Å². The number of nitrogens with one attached hydrogen (secondary N) is 1. The number of carbonyl (C=O) groups excluding carboxylic acids is 1. The minimum absolute atomic E-state index is 0.160. The number of nitrogens with zero attached hydrogens (tertiary/aromatic N) is 1. The van der Waals surface area contributed by atoms with Gasteiger partial charge in [-0.05, 0) is 19.4 Å². The monoisotopic (exact) mass is 169 g/mol. The molecule has 1 unspecified atom stereocenters. The summed E-state index contributed by atoms with van der Waals surface area (Å²) in [6.45, 7) is 3.72.